The summed E-state index contributed by atoms with van der Waals surface area (Å²) in [6.45, 7) is 35.3. The van der Waals surface area contributed by atoms with Gasteiger partial charge in [-0.3, -0.25) is 19.2 Å². The van der Waals surface area contributed by atoms with E-state index in [1.165, 1.54) is 0 Å². The lowest BCUT2D eigenvalue weighted by molar-refractivity contribution is -0.128. The normalized spacial score (nSPS) is 12.2. The van der Waals surface area contributed by atoms with Crippen LogP contribution in [0.4, 0.5) is 0 Å². The van der Waals surface area contributed by atoms with E-state index < -0.39 is 5.54 Å². The van der Waals surface area contributed by atoms with Crippen molar-refractivity contribution in [2.75, 3.05) is 537 Å². The Morgan fingerprint density at radius 3 is 0.566 bits per heavy atom. The van der Waals surface area contributed by atoms with E-state index in [1.54, 1.807) is 21.3 Å². The molecule has 1 atom stereocenters. The summed E-state index contributed by atoms with van der Waals surface area (Å²) in [5.41, 5.74) is -1.09. The standard InChI is InChI=1S/C99H194N2O44/c1-5-18-109-31-34-112-22-15-98(105)101-99(16-7-6-10-95(102)11-8-19-110-32-36-117-45-48-123-57-60-129-69-72-135-81-84-141-90-87-138-78-75-132-66-63-126-54-51-120-42-39-114-28-25-106-2,93-144-21-13-96(103)12-9-20-111-33-37-118-46-49-124-58-61-130-70-73-136-82-85-142-91-88-139-79-76-133-67-64-127-55-52-121-43-40-115-29-26-107-3)94-145-23-14-97(104)100-17-24-113-35-38-119-47-50-125-59-62-131-71-74-137-83-86-143-92-89-140-80-77-134-68-65-128-56-53-122-44-41-116-30-27-108-4/h5-94H2,1-4H3,(H,100,104)(H,101,105). The maximum absolute atomic E-state index is 13.8. The van der Waals surface area contributed by atoms with Gasteiger partial charge in [0, 0.05) is 86.2 Å². The van der Waals surface area contributed by atoms with E-state index in [9.17, 15) is 19.2 Å². The van der Waals surface area contributed by atoms with Gasteiger partial charge in [0.15, 0.2) is 0 Å². The average Bonchev–Trinajstić information content (AvgIpc) is 0.852. The second kappa shape index (κ2) is 128. The summed E-state index contributed by atoms with van der Waals surface area (Å²) in [4.78, 5) is 53.2. The van der Waals surface area contributed by atoms with Gasteiger partial charge >= 0.3 is 0 Å². The highest BCUT2D eigenvalue weighted by Gasteiger charge is 2.33. The van der Waals surface area contributed by atoms with Crippen LogP contribution in [0.15, 0.2) is 0 Å². The first kappa shape index (κ1) is 142. The Balaban J connectivity index is 4.79. The summed E-state index contributed by atoms with van der Waals surface area (Å²) in [7, 11) is 4.91. The van der Waals surface area contributed by atoms with Crippen molar-refractivity contribution < 1.29 is 209 Å². The molecular weight excluding hydrogens is 1920 g/mol. The zero-order valence-electron chi connectivity index (χ0n) is 89.1. The van der Waals surface area contributed by atoms with Crippen LogP contribution in [-0.4, -0.2) is 566 Å². The molecule has 0 aromatic carbocycles. The molecule has 864 valence electrons. The third-order valence-corrected chi connectivity index (χ3v) is 19.2. The van der Waals surface area contributed by atoms with Gasteiger partial charge in [0.05, 0.1) is 494 Å². The molecule has 0 fully saturated rings. The molecule has 0 aliphatic heterocycles. The molecule has 0 aliphatic carbocycles. The number of hydrogen-bond donors (Lipinski definition) is 2. The summed E-state index contributed by atoms with van der Waals surface area (Å²) in [6, 6.07) is 0. The lowest BCUT2D eigenvalue weighted by atomic mass is 9.92. The third kappa shape index (κ3) is 122. The maximum Gasteiger partial charge on any atom is 0.222 e. The average molecular weight is 2120 g/mol. The number of hydrogen-bond acceptors (Lipinski definition) is 44. The van der Waals surface area contributed by atoms with Crippen LogP contribution in [0.25, 0.3) is 0 Å². The highest BCUT2D eigenvalue weighted by Crippen LogP contribution is 2.20. The predicted octanol–water partition coefficient (Wildman–Crippen LogP) is 3.35. The number of ketones is 2. The molecule has 46 nitrogen and oxygen atoms in total. The van der Waals surface area contributed by atoms with Gasteiger partial charge < -0.3 is 200 Å². The Morgan fingerprint density at radius 1 is 0.166 bits per heavy atom. The molecule has 0 aromatic rings. The molecule has 46 heteroatoms. The SMILES string of the molecule is CCCOCCOCCC(=O)NC(CCCCC(=O)CCCOCCOCCOCCOCCOCCOCCOCCOCCOCCOCCOCCOC)(COCCC(=O)CCCOCCOCCOCCOCCOCCOCCOCCOCCOCCOCCOCCOC)COCCC(=O)NCCOCCOCCOCCOCCOCCOCCOCCOCCOCCOCCOCCOC. The van der Waals surface area contributed by atoms with E-state index in [-0.39, 0.29) is 95.3 Å². The molecule has 0 heterocycles. The second-order valence-corrected chi connectivity index (χ2v) is 31.4. The van der Waals surface area contributed by atoms with Crippen molar-refractivity contribution in [3.8, 4) is 0 Å². The highest BCUT2D eigenvalue weighted by molar-refractivity contribution is 5.79. The third-order valence-electron chi connectivity index (χ3n) is 19.2. The van der Waals surface area contributed by atoms with Gasteiger partial charge in [0.25, 0.3) is 0 Å². The monoisotopic (exact) mass is 2120 g/mol. The first-order chi connectivity index (χ1) is 71.8. The Hall–Kier alpha value is -3.32. The number of carbonyl (C=O) groups excluding carboxylic acids is 4. The van der Waals surface area contributed by atoms with Gasteiger partial charge in [-0.2, -0.15) is 0 Å². The molecule has 0 saturated carbocycles. The van der Waals surface area contributed by atoms with Crippen molar-refractivity contribution in [1.82, 2.24) is 10.6 Å². The highest BCUT2D eigenvalue weighted by atomic mass is 16.6. The van der Waals surface area contributed by atoms with Crippen LogP contribution in [0.3, 0.4) is 0 Å². The van der Waals surface area contributed by atoms with Gasteiger partial charge in [-0.25, -0.2) is 0 Å². The molecular formula is C99H194N2O44. The number of rotatable bonds is 134. The lowest BCUT2D eigenvalue weighted by Crippen LogP contribution is -2.55. The largest absolute Gasteiger partial charge is 0.382 e. The fraction of sp³-hybridized carbons (Fsp3) is 0.960. The van der Waals surface area contributed by atoms with Gasteiger partial charge in [-0.15, -0.1) is 0 Å². The van der Waals surface area contributed by atoms with E-state index in [2.05, 4.69) is 10.6 Å². The van der Waals surface area contributed by atoms with Crippen molar-refractivity contribution in [3.05, 3.63) is 0 Å². The Morgan fingerprint density at radius 2 is 0.338 bits per heavy atom. The number of Topliss-reactive ketones (excluding diaryl/α,β-unsaturated/α-hetero) is 2. The molecule has 0 aromatic heterocycles. The summed E-state index contributed by atoms with van der Waals surface area (Å²) >= 11 is 0. The Bertz CT molecular complexity index is 2270. The van der Waals surface area contributed by atoms with Crippen molar-refractivity contribution in [3.63, 3.8) is 0 Å². The minimum absolute atomic E-state index is 0.00469. The van der Waals surface area contributed by atoms with Crippen molar-refractivity contribution >= 4 is 23.4 Å². The van der Waals surface area contributed by atoms with Crippen LogP contribution in [0, 0.1) is 0 Å². The van der Waals surface area contributed by atoms with Crippen molar-refractivity contribution in [2.45, 2.75) is 89.5 Å². The van der Waals surface area contributed by atoms with Gasteiger partial charge in [0.2, 0.25) is 11.8 Å². The fourth-order valence-electron chi connectivity index (χ4n) is 11.7. The topological polar surface area (TPSA) is 462 Å². The molecule has 2 amide bonds. The van der Waals surface area contributed by atoms with Crippen LogP contribution in [0.5, 0.6) is 0 Å². The van der Waals surface area contributed by atoms with E-state index in [0.29, 0.717) is 514 Å². The van der Waals surface area contributed by atoms with Crippen LogP contribution >= 0.6 is 0 Å². The van der Waals surface area contributed by atoms with Gasteiger partial charge in [-0.1, -0.05) is 13.3 Å². The lowest BCUT2D eigenvalue weighted by Gasteiger charge is -2.35. The smallest absolute Gasteiger partial charge is 0.222 e. The number of carbonyl (C=O) groups is 4. The molecule has 0 saturated heterocycles. The summed E-state index contributed by atoms with van der Waals surface area (Å²) in [5.74, 6) is -0.473. The molecule has 0 aliphatic rings. The quantitative estimate of drug-likeness (QED) is 0.0824. The molecule has 2 N–H and O–H groups in total. The molecule has 145 heavy (non-hydrogen) atoms. The minimum Gasteiger partial charge on any atom is -0.382 e. The van der Waals surface area contributed by atoms with Gasteiger partial charge in [-0.05, 0) is 32.1 Å². The van der Waals surface area contributed by atoms with E-state index in [1.807, 2.05) is 6.92 Å². The first-order valence-corrected chi connectivity index (χ1v) is 52.3. The number of nitrogens with one attached hydrogen (secondary N) is 2. The molecule has 0 radical (unpaired) electrons. The van der Waals surface area contributed by atoms with Crippen LogP contribution in [0.1, 0.15) is 84.0 Å². The van der Waals surface area contributed by atoms with Crippen LogP contribution < -0.4 is 10.6 Å². The number of methoxy groups -OCH3 is 3. The summed E-state index contributed by atoms with van der Waals surface area (Å²) in [6.07, 6.45) is 4.52. The molecule has 1 unspecified atom stereocenters. The van der Waals surface area contributed by atoms with Crippen molar-refractivity contribution in [2.24, 2.45) is 0 Å². The number of ether oxygens (including phenoxy) is 40. The Labute approximate surface area is 865 Å². The minimum atomic E-state index is -1.09. The summed E-state index contributed by atoms with van der Waals surface area (Å²) < 4.78 is 221. The van der Waals surface area contributed by atoms with E-state index in [0.717, 1.165) is 6.42 Å². The fourth-order valence-corrected chi connectivity index (χ4v) is 11.7. The molecule has 0 spiro atoms. The maximum atomic E-state index is 13.8. The van der Waals surface area contributed by atoms with E-state index in [4.69, 9.17) is 189 Å². The van der Waals surface area contributed by atoms with Crippen molar-refractivity contribution in [1.29, 1.82) is 0 Å². The predicted molar refractivity (Wildman–Crippen MR) is 531 cm³/mol. The van der Waals surface area contributed by atoms with Crippen LogP contribution in [0.2, 0.25) is 0 Å². The van der Waals surface area contributed by atoms with E-state index >= 15 is 0 Å². The first-order valence-electron chi connectivity index (χ1n) is 52.3. The second-order valence-electron chi connectivity index (χ2n) is 31.4. The number of amides is 2. The Kier molecular flexibility index (Phi) is 125. The summed E-state index contributed by atoms with van der Waals surface area (Å²) in [5, 5.41) is 6.04. The molecule has 0 rings (SSSR count). The van der Waals surface area contributed by atoms with Gasteiger partial charge in [0.1, 0.15) is 11.6 Å². The number of unbranched alkanes of at least 4 members (excludes halogenated alkanes) is 1. The zero-order chi connectivity index (χ0) is 104. The van der Waals surface area contributed by atoms with Crippen LogP contribution in [-0.2, 0) is 209 Å². The zero-order valence-corrected chi connectivity index (χ0v) is 89.1. The molecule has 0 bridgehead atoms.